The average molecular weight is 270 g/mol. The molecule has 0 aliphatic heterocycles. The Hall–Kier alpha value is -2.23. The molecule has 0 aliphatic rings. The lowest BCUT2D eigenvalue weighted by molar-refractivity contribution is 0.103. The molecule has 0 bridgehead atoms. The van der Waals surface area contributed by atoms with Crippen molar-refractivity contribution in [2.24, 2.45) is 0 Å². The summed E-state index contributed by atoms with van der Waals surface area (Å²) in [4.78, 5) is 12.7. The molecule has 1 aromatic carbocycles. The number of hydrogen-bond donors (Lipinski definition) is 0. The second-order valence-corrected chi connectivity index (χ2v) is 4.95. The summed E-state index contributed by atoms with van der Waals surface area (Å²) in [6.07, 6.45) is 0. The summed E-state index contributed by atoms with van der Waals surface area (Å²) in [5, 5.41) is 7.98. The number of aryl methyl sites for hydroxylation is 4. The van der Waals surface area contributed by atoms with Crippen molar-refractivity contribution >= 4 is 5.78 Å². The predicted molar refractivity (Wildman–Crippen MR) is 77.4 cm³/mol. The van der Waals surface area contributed by atoms with Gasteiger partial charge in [0, 0.05) is 11.1 Å². The molecule has 0 saturated heterocycles. The number of hydrogen-bond acceptors (Lipinski definition) is 4. The quantitative estimate of drug-likeness (QED) is 0.805. The zero-order valence-corrected chi connectivity index (χ0v) is 12.4. The fourth-order valence-electron chi connectivity index (χ4n) is 2.18. The van der Waals surface area contributed by atoms with E-state index < -0.39 is 0 Å². The first-order valence-electron chi connectivity index (χ1n) is 6.45. The molecule has 20 heavy (non-hydrogen) atoms. The molecule has 4 heteroatoms. The number of ether oxygens (including phenoxy) is 1. The van der Waals surface area contributed by atoms with Crippen LogP contribution in [0.3, 0.4) is 0 Å². The van der Waals surface area contributed by atoms with Gasteiger partial charge in [0.2, 0.25) is 0 Å². The molecule has 2 aromatic rings. The molecular formula is C16H18N2O2. The molecule has 0 spiro atoms. The summed E-state index contributed by atoms with van der Waals surface area (Å²) >= 11 is 0. The summed E-state index contributed by atoms with van der Waals surface area (Å²) in [7, 11) is 1.63. The molecule has 0 saturated carbocycles. The van der Waals surface area contributed by atoms with Gasteiger partial charge in [-0.1, -0.05) is 0 Å². The normalized spacial score (nSPS) is 10.4. The number of carbonyl (C=O) groups excluding carboxylic acids is 1. The lowest BCUT2D eigenvalue weighted by Gasteiger charge is -2.11. The summed E-state index contributed by atoms with van der Waals surface area (Å²) in [5.41, 5.74) is 4.50. The fourth-order valence-corrected chi connectivity index (χ4v) is 2.18. The van der Waals surface area contributed by atoms with Crippen LogP contribution in [0.4, 0.5) is 0 Å². The number of methoxy groups -OCH3 is 1. The predicted octanol–water partition coefficient (Wildman–Crippen LogP) is 2.95. The van der Waals surface area contributed by atoms with Crippen molar-refractivity contribution in [3.05, 3.63) is 51.8 Å². The summed E-state index contributed by atoms with van der Waals surface area (Å²) < 4.78 is 5.28. The monoisotopic (exact) mass is 270 g/mol. The Morgan fingerprint density at radius 3 is 2.30 bits per heavy atom. The molecule has 0 atom stereocenters. The van der Waals surface area contributed by atoms with Crippen LogP contribution in [0, 0.1) is 27.7 Å². The van der Waals surface area contributed by atoms with Crippen LogP contribution in [0.2, 0.25) is 0 Å². The van der Waals surface area contributed by atoms with Crippen LogP contribution in [0.1, 0.15) is 38.4 Å². The van der Waals surface area contributed by atoms with E-state index in [1.165, 1.54) is 0 Å². The Kier molecular flexibility index (Phi) is 3.84. The van der Waals surface area contributed by atoms with Crippen molar-refractivity contribution < 1.29 is 9.53 Å². The molecule has 1 heterocycles. The first-order chi connectivity index (χ1) is 9.43. The van der Waals surface area contributed by atoms with Gasteiger partial charge in [0.05, 0.1) is 18.5 Å². The maximum Gasteiger partial charge on any atom is 0.195 e. The van der Waals surface area contributed by atoms with E-state index in [9.17, 15) is 4.79 Å². The first kappa shape index (κ1) is 14.2. The third-order valence-corrected chi connectivity index (χ3v) is 3.33. The minimum absolute atomic E-state index is 0.0243. The Labute approximate surface area is 118 Å². The SMILES string of the molecule is COc1cc(C)c(C(=O)c2cc(C)nnc2C)cc1C. The van der Waals surface area contributed by atoms with E-state index in [4.69, 9.17) is 4.74 Å². The highest BCUT2D eigenvalue weighted by molar-refractivity contribution is 6.10. The smallest absolute Gasteiger partial charge is 0.195 e. The van der Waals surface area contributed by atoms with E-state index in [0.717, 1.165) is 22.6 Å². The Balaban J connectivity index is 2.54. The van der Waals surface area contributed by atoms with Gasteiger partial charge in [0.25, 0.3) is 0 Å². The number of nitrogens with zero attached hydrogens (tertiary/aromatic N) is 2. The summed E-state index contributed by atoms with van der Waals surface area (Å²) in [5.74, 6) is 0.767. The van der Waals surface area contributed by atoms with Gasteiger partial charge >= 0.3 is 0 Å². The van der Waals surface area contributed by atoms with Gasteiger partial charge in [0.1, 0.15) is 5.75 Å². The van der Waals surface area contributed by atoms with Crippen molar-refractivity contribution in [3.8, 4) is 5.75 Å². The number of rotatable bonds is 3. The van der Waals surface area contributed by atoms with Gasteiger partial charge in [0.15, 0.2) is 5.78 Å². The zero-order chi connectivity index (χ0) is 14.9. The Morgan fingerprint density at radius 1 is 0.950 bits per heavy atom. The Morgan fingerprint density at radius 2 is 1.65 bits per heavy atom. The van der Waals surface area contributed by atoms with E-state index >= 15 is 0 Å². The third kappa shape index (κ3) is 2.54. The van der Waals surface area contributed by atoms with Crippen LogP contribution >= 0.6 is 0 Å². The minimum Gasteiger partial charge on any atom is -0.496 e. The Bertz CT molecular complexity index is 678. The van der Waals surface area contributed by atoms with Gasteiger partial charge in [-0.05, 0) is 57.0 Å². The number of aromatic nitrogens is 2. The standard InChI is InChI=1S/C16H18N2O2/c1-9-7-15(20-5)10(2)6-13(9)16(19)14-8-11(3)17-18-12(14)4/h6-8H,1-5H3. The lowest BCUT2D eigenvalue weighted by Crippen LogP contribution is -2.09. The number of benzene rings is 1. The molecule has 0 radical (unpaired) electrons. The molecule has 2 rings (SSSR count). The molecule has 104 valence electrons. The van der Waals surface area contributed by atoms with Gasteiger partial charge in [-0.25, -0.2) is 0 Å². The molecule has 1 aromatic heterocycles. The van der Waals surface area contributed by atoms with Gasteiger partial charge in [-0.3, -0.25) is 4.79 Å². The molecule has 0 fully saturated rings. The van der Waals surface area contributed by atoms with Crippen LogP contribution in [0.15, 0.2) is 18.2 Å². The largest absolute Gasteiger partial charge is 0.496 e. The summed E-state index contributed by atoms with van der Waals surface area (Å²) in [6, 6.07) is 5.54. The second-order valence-electron chi connectivity index (χ2n) is 4.95. The topological polar surface area (TPSA) is 52.1 Å². The zero-order valence-electron chi connectivity index (χ0n) is 12.4. The van der Waals surface area contributed by atoms with Crippen molar-refractivity contribution in [2.45, 2.75) is 27.7 Å². The minimum atomic E-state index is -0.0243. The average Bonchev–Trinajstić information content (AvgIpc) is 2.42. The first-order valence-corrected chi connectivity index (χ1v) is 6.45. The van der Waals surface area contributed by atoms with E-state index in [1.807, 2.05) is 32.9 Å². The summed E-state index contributed by atoms with van der Waals surface area (Å²) in [6.45, 7) is 7.46. The highest BCUT2D eigenvalue weighted by Crippen LogP contribution is 2.25. The molecule has 0 aliphatic carbocycles. The third-order valence-electron chi connectivity index (χ3n) is 3.33. The number of ketones is 1. The molecule has 0 unspecified atom stereocenters. The van der Waals surface area contributed by atoms with Gasteiger partial charge in [-0.2, -0.15) is 10.2 Å². The van der Waals surface area contributed by atoms with Crippen LogP contribution in [0.5, 0.6) is 5.75 Å². The number of carbonyl (C=O) groups is 1. The molecule has 0 amide bonds. The van der Waals surface area contributed by atoms with Crippen molar-refractivity contribution in [2.75, 3.05) is 7.11 Å². The molecule has 0 N–H and O–H groups in total. The molecule has 4 nitrogen and oxygen atoms in total. The fraction of sp³-hybridized carbons (Fsp3) is 0.312. The van der Waals surface area contributed by atoms with E-state index in [2.05, 4.69) is 10.2 Å². The van der Waals surface area contributed by atoms with E-state index in [0.29, 0.717) is 16.8 Å². The maximum absolute atomic E-state index is 12.7. The van der Waals surface area contributed by atoms with Crippen LogP contribution in [-0.4, -0.2) is 23.1 Å². The lowest BCUT2D eigenvalue weighted by atomic mass is 9.96. The second kappa shape index (κ2) is 5.41. The van der Waals surface area contributed by atoms with Crippen molar-refractivity contribution in [3.63, 3.8) is 0 Å². The highest BCUT2D eigenvalue weighted by Gasteiger charge is 2.17. The van der Waals surface area contributed by atoms with Gasteiger partial charge in [-0.15, -0.1) is 0 Å². The molecular weight excluding hydrogens is 252 g/mol. The van der Waals surface area contributed by atoms with Crippen LogP contribution in [-0.2, 0) is 0 Å². The van der Waals surface area contributed by atoms with Crippen LogP contribution in [0.25, 0.3) is 0 Å². The van der Waals surface area contributed by atoms with E-state index in [1.54, 1.807) is 20.1 Å². The van der Waals surface area contributed by atoms with E-state index in [-0.39, 0.29) is 5.78 Å². The maximum atomic E-state index is 12.7. The highest BCUT2D eigenvalue weighted by atomic mass is 16.5. The van der Waals surface area contributed by atoms with Gasteiger partial charge < -0.3 is 4.74 Å². The van der Waals surface area contributed by atoms with Crippen molar-refractivity contribution in [1.29, 1.82) is 0 Å². The van der Waals surface area contributed by atoms with Crippen LogP contribution < -0.4 is 4.74 Å². The van der Waals surface area contributed by atoms with Crippen molar-refractivity contribution in [1.82, 2.24) is 10.2 Å².